The minimum atomic E-state index is 0.803. The maximum absolute atomic E-state index is 4.86. The molecule has 2 aromatic heterocycles. The molecule has 0 aliphatic rings. The topological polar surface area (TPSA) is 38.9 Å². The average Bonchev–Trinajstić information content (AvgIpc) is 2.33. The van der Waals surface area contributed by atoms with E-state index in [1.54, 1.807) is 18.7 Å². The van der Waals surface area contributed by atoms with E-state index in [0.717, 1.165) is 10.9 Å². The highest BCUT2D eigenvalue weighted by atomic mass is 16.3. The first-order chi connectivity index (χ1) is 4.47. The van der Waals surface area contributed by atoms with Gasteiger partial charge in [0.1, 0.15) is 11.8 Å². The average molecular weight is 120 g/mol. The molecule has 0 aromatic carbocycles. The number of nitrogens with zero attached hydrogens (tertiary/aromatic N) is 2. The fraction of sp³-hybridized carbons (Fsp3) is 0. The molecule has 3 nitrogen and oxygen atoms in total. The molecule has 0 unspecified atom stereocenters. The van der Waals surface area contributed by atoms with E-state index < -0.39 is 0 Å². The second-order valence-electron chi connectivity index (χ2n) is 1.74. The summed E-state index contributed by atoms with van der Waals surface area (Å²) in [7, 11) is 0. The van der Waals surface area contributed by atoms with Crippen molar-refractivity contribution in [3.63, 3.8) is 0 Å². The van der Waals surface area contributed by atoms with Crippen LogP contribution in [0.4, 0.5) is 0 Å². The van der Waals surface area contributed by atoms with Gasteiger partial charge in [-0.2, -0.15) is 5.10 Å². The van der Waals surface area contributed by atoms with Crippen molar-refractivity contribution in [2.75, 3.05) is 0 Å². The van der Waals surface area contributed by atoms with Crippen LogP contribution in [0.3, 0.4) is 0 Å². The maximum Gasteiger partial charge on any atom is 0.131 e. The molecule has 0 saturated carbocycles. The van der Waals surface area contributed by atoms with Crippen LogP contribution in [0.25, 0.3) is 10.9 Å². The van der Waals surface area contributed by atoms with Crippen molar-refractivity contribution in [2.24, 2.45) is 0 Å². The zero-order chi connectivity index (χ0) is 6.10. The van der Waals surface area contributed by atoms with Gasteiger partial charge in [-0.15, -0.1) is 5.10 Å². The van der Waals surface area contributed by atoms with Gasteiger partial charge >= 0.3 is 0 Å². The third kappa shape index (κ3) is 0.579. The van der Waals surface area contributed by atoms with E-state index in [4.69, 9.17) is 4.42 Å². The molecule has 0 aliphatic carbocycles. The molecule has 3 heteroatoms. The Labute approximate surface area is 51.3 Å². The van der Waals surface area contributed by atoms with Crippen molar-refractivity contribution in [3.05, 3.63) is 24.8 Å². The van der Waals surface area contributed by atoms with Crippen LogP contribution < -0.4 is 0 Å². The smallest absolute Gasteiger partial charge is 0.131 e. The zero-order valence-electron chi connectivity index (χ0n) is 4.61. The molecule has 2 aromatic rings. The minimum Gasteiger partial charge on any atom is -0.470 e. The van der Waals surface area contributed by atoms with Crippen molar-refractivity contribution in [1.29, 1.82) is 0 Å². The predicted molar refractivity (Wildman–Crippen MR) is 31.8 cm³/mol. The first-order valence-electron chi connectivity index (χ1n) is 2.60. The number of aromatic nitrogens is 2. The van der Waals surface area contributed by atoms with Crippen LogP contribution >= 0.6 is 0 Å². The van der Waals surface area contributed by atoms with Crippen LogP contribution in [-0.4, -0.2) is 10.2 Å². The Morgan fingerprint density at radius 3 is 3.22 bits per heavy atom. The molecule has 2 heterocycles. The predicted octanol–water partition coefficient (Wildman–Crippen LogP) is 1.22. The van der Waals surface area contributed by atoms with Crippen LogP contribution in [0, 0.1) is 0 Å². The first kappa shape index (κ1) is 4.49. The molecule has 0 N–H and O–H groups in total. The summed E-state index contributed by atoms with van der Waals surface area (Å²) in [5, 5.41) is 8.46. The van der Waals surface area contributed by atoms with Gasteiger partial charge in [0.2, 0.25) is 0 Å². The lowest BCUT2D eigenvalue weighted by atomic mass is 10.4. The van der Waals surface area contributed by atoms with E-state index in [2.05, 4.69) is 10.2 Å². The Morgan fingerprint density at radius 2 is 2.33 bits per heavy atom. The normalized spacial score (nSPS) is 10.2. The lowest BCUT2D eigenvalue weighted by Gasteiger charge is -1.78. The van der Waals surface area contributed by atoms with Crippen LogP contribution in [0.15, 0.2) is 29.2 Å². The lowest BCUT2D eigenvalue weighted by molar-refractivity contribution is 0.571. The Balaban J connectivity index is 2.95. The van der Waals surface area contributed by atoms with E-state index in [0.29, 0.717) is 0 Å². The van der Waals surface area contributed by atoms with E-state index in [-0.39, 0.29) is 0 Å². The van der Waals surface area contributed by atoms with Gasteiger partial charge in [0.15, 0.2) is 0 Å². The summed E-state index contributed by atoms with van der Waals surface area (Å²) in [5.41, 5.74) is 0.803. The van der Waals surface area contributed by atoms with Crippen LogP contribution in [-0.2, 0) is 0 Å². The molecule has 0 fully saturated rings. The van der Waals surface area contributed by atoms with Crippen LogP contribution in [0.5, 0.6) is 0 Å². The third-order valence-electron chi connectivity index (χ3n) is 1.16. The number of hydrogen-bond acceptors (Lipinski definition) is 3. The largest absolute Gasteiger partial charge is 0.470 e. The highest BCUT2D eigenvalue weighted by molar-refractivity contribution is 5.75. The molecular weight excluding hydrogens is 116 g/mol. The van der Waals surface area contributed by atoms with E-state index in [1.165, 1.54) is 0 Å². The molecule has 0 atom stereocenters. The van der Waals surface area contributed by atoms with Gasteiger partial charge in [-0.3, -0.25) is 0 Å². The summed E-state index contributed by atoms with van der Waals surface area (Å²) in [5.74, 6) is 0. The fourth-order valence-electron chi connectivity index (χ4n) is 0.715. The molecule has 0 aliphatic heterocycles. The summed E-state index contributed by atoms with van der Waals surface area (Å²) in [6.45, 7) is 0. The summed E-state index contributed by atoms with van der Waals surface area (Å²) < 4.78 is 4.86. The maximum atomic E-state index is 4.86. The first-order valence-corrected chi connectivity index (χ1v) is 2.60. The van der Waals surface area contributed by atoms with E-state index in [1.807, 2.05) is 6.07 Å². The Kier molecular flexibility index (Phi) is 0.773. The van der Waals surface area contributed by atoms with Gasteiger partial charge < -0.3 is 4.42 Å². The summed E-state index contributed by atoms with van der Waals surface area (Å²) in [4.78, 5) is 0. The van der Waals surface area contributed by atoms with E-state index in [9.17, 15) is 0 Å². The van der Waals surface area contributed by atoms with Crippen LogP contribution in [0.1, 0.15) is 0 Å². The van der Waals surface area contributed by atoms with Crippen molar-refractivity contribution in [3.8, 4) is 0 Å². The van der Waals surface area contributed by atoms with Gasteiger partial charge in [0, 0.05) is 5.39 Å². The molecule has 9 heavy (non-hydrogen) atoms. The summed E-state index contributed by atoms with van der Waals surface area (Å²) in [6, 6.07) is 1.85. The Hall–Kier alpha value is -1.38. The Bertz CT molecular complexity index is 285. The molecule has 44 valence electrons. The van der Waals surface area contributed by atoms with Gasteiger partial charge in [0.05, 0.1) is 12.5 Å². The highest BCUT2D eigenvalue weighted by Crippen LogP contribution is 2.08. The highest BCUT2D eigenvalue weighted by Gasteiger charge is 1.92. The zero-order valence-corrected chi connectivity index (χ0v) is 4.61. The van der Waals surface area contributed by atoms with Gasteiger partial charge in [0.25, 0.3) is 0 Å². The number of furan rings is 1. The van der Waals surface area contributed by atoms with Crippen molar-refractivity contribution in [1.82, 2.24) is 10.2 Å². The number of hydrogen-bond donors (Lipinski definition) is 0. The van der Waals surface area contributed by atoms with Crippen LogP contribution in [0.2, 0.25) is 0 Å². The SMILES string of the molecule is c1cc2cocc2nn1. The van der Waals surface area contributed by atoms with E-state index >= 15 is 0 Å². The van der Waals surface area contributed by atoms with Crippen molar-refractivity contribution in [2.45, 2.75) is 0 Å². The molecular formula is C6H4N2O. The molecule has 0 saturated heterocycles. The number of fused-ring (bicyclic) bond motifs is 1. The fourth-order valence-corrected chi connectivity index (χ4v) is 0.715. The number of rotatable bonds is 0. The van der Waals surface area contributed by atoms with Crippen molar-refractivity contribution >= 4 is 10.9 Å². The molecule has 0 bridgehead atoms. The summed E-state index contributed by atoms with van der Waals surface area (Å²) >= 11 is 0. The lowest BCUT2D eigenvalue weighted by Crippen LogP contribution is -1.75. The minimum absolute atomic E-state index is 0.803. The standard InChI is InChI=1S/C6H4N2O/c1-2-7-8-6-4-9-3-5(1)6/h1-4H. The third-order valence-corrected chi connectivity index (χ3v) is 1.16. The Morgan fingerprint density at radius 1 is 1.33 bits per heavy atom. The van der Waals surface area contributed by atoms with Gasteiger partial charge in [-0.25, -0.2) is 0 Å². The molecule has 0 amide bonds. The second-order valence-corrected chi connectivity index (χ2v) is 1.74. The van der Waals surface area contributed by atoms with Gasteiger partial charge in [-0.1, -0.05) is 0 Å². The van der Waals surface area contributed by atoms with Gasteiger partial charge in [-0.05, 0) is 6.07 Å². The molecule has 2 rings (SSSR count). The monoisotopic (exact) mass is 120 g/mol. The molecule has 0 radical (unpaired) electrons. The molecule has 0 spiro atoms. The quantitative estimate of drug-likeness (QED) is 0.524. The van der Waals surface area contributed by atoms with Crippen molar-refractivity contribution < 1.29 is 4.42 Å². The second kappa shape index (κ2) is 1.55. The summed E-state index contributed by atoms with van der Waals surface area (Å²) in [6.07, 6.45) is 4.85.